The van der Waals surface area contributed by atoms with Crippen LogP contribution in [0.5, 0.6) is 0 Å². The van der Waals surface area contributed by atoms with E-state index in [0.717, 1.165) is 0 Å². The Morgan fingerprint density at radius 1 is 1.21 bits per heavy atom. The molecule has 3 N–H and O–H groups in total. The summed E-state index contributed by atoms with van der Waals surface area (Å²) in [6.07, 6.45) is -0.690. The van der Waals surface area contributed by atoms with Gasteiger partial charge >= 0.3 is 0 Å². The zero-order valence-electron chi connectivity index (χ0n) is 7.47. The van der Waals surface area contributed by atoms with E-state index < -0.39 is 12.1 Å². The van der Waals surface area contributed by atoms with Crippen LogP contribution in [-0.4, -0.2) is 11.2 Å². The van der Waals surface area contributed by atoms with Crippen molar-refractivity contribution in [2.45, 2.75) is 19.1 Å². The van der Waals surface area contributed by atoms with Crippen LogP contribution < -0.4 is 5.73 Å². The fourth-order valence-corrected chi connectivity index (χ4v) is 1.73. The van der Waals surface area contributed by atoms with Gasteiger partial charge in [0.1, 0.15) is 0 Å². The Morgan fingerprint density at radius 2 is 1.79 bits per heavy atom. The second-order valence-corrected chi connectivity index (χ2v) is 4.19. The summed E-state index contributed by atoms with van der Waals surface area (Å²) < 4.78 is 0. The van der Waals surface area contributed by atoms with Gasteiger partial charge in [0, 0.05) is 0 Å². The van der Waals surface area contributed by atoms with E-state index >= 15 is 0 Å². The number of aliphatic hydroxyl groups is 1. The van der Waals surface area contributed by atoms with Gasteiger partial charge in [-0.3, -0.25) is 0 Å². The van der Waals surface area contributed by atoms with Gasteiger partial charge in [0.05, 0.1) is 27.2 Å². The highest BCUT2D eigenvalue weighted by Gasteiger charge is 2.18. The predicted molar refractivity (Wildman–Crippen MR) is 60.1 cm³/mol. The zero-order valence-corrected chi connectivity index (χ0v) is 9.74. The molecule has 0 aliphatic heterocycles. The maximum atomic E-state index is 9.30. The topological polar surface area (TPSA) is 46.2 Å². The first-order valence-corrected chi connectivity index (χ1v) is 5.15. The molecule has 0 aromatic heterocycles. The largest absolute Gasteiger partial charge is 0.391 e. The standard InChI is InChI=1S/C9H10Cl3NO/c1-4(14)9(13)5-2-3-6(10)8(12)7(5)11/h2-4,9,14H,13H2,1H3/t4-,9-/m0/s1. The summed E-state index contributed by atoms with van der Waals surface area (Å²) in [6, 6.07) is 2.71. The fourth-order valence-electron chi connectivity index (χ4n) is 1.06. The van der Waals surface area contributed by atoms with Gasteiger partial charge in [-0.05, 0) is 18.6 Å². The molecule has 14 heavy (non-hydrogen) atoms. The molecule has 2 nitrogen and oxygen atoms in total. The summed E-state index contributed by atoms with van der Waals surface area (Å²) in [5.74, 6) is 0. The fraction of sp³-hybridized carbons (Fsp3) is 0.333. The first-order valence-electron chi connectivity index (χ1n) is 4.02. The summed E-state index contributed by atoms with van der Waals surface area (Å²) in [5.41, 5.74) is 6.31. The third-order valence-electron chi connectivity index (χ3n) is 1.94. The molecule has 0 fully saturated rings. The Bertz CT molecular complexity index is 341. The highest BCUT2D eigenvalue weighted by Crippen LogP contribution is 2.35. The Kier molecular flexibility index (Phi) is 4.04. The van der Waals surface area contributed by atoms with Gasteiger partial charge in [-0.1, -0.05) is 40.9 Å². The molecule has 0 amide bonds. The number of hydrogen-bond donors (Lipinski definition) is 2. The molecule has 1 aromatic rings. The average Bonchev–Trinajstić information content (AvgIpc) is 2.13. The van der Waals surface area contributed by atoms with Gasteiger partial charge < -0.3 is 10.8 Å². The molecule has 0 aliphatic rings. The molecule has 78 valence electrons. The highest BCUT2D eigenvalue weighted by molar-refractivity contribution is 6.48. The van der Waals surface area contributed by atoms with E-state index in [1.54, 1.807) is 19.1 Å². The molecule has 0 bridgehead atoms. The van der Waals surface area contributed by atoms with Crippen LogP contribution in [0.2, 0.25) is 15.1 Å². The van der Waals surface area contributed by atoms with Crippen molar-refractivity contribution in [1.82, 2.24) is 0 Å². The SMILES string of the molecule is C[C@H](O)[C@H](N)c1ccc(Cl)c(Cl)c1Cl. The Balaban J connectivity index is 3.17. The molecule has 0 radical (unpaired) electrons. The van der Waals surface area contributed by atoms with E-state index in [1.807, 2.05) is 0 Å². The number of nitrogens with two attached hydrogens (primary N) is 1. The van der Waals surface area contributed by atoms with Crippen molar-refractivity contribution in [3.63, 3.8) is 0 Å². The van der Waals surface area contributed by atoms with Gasteiger partial charge in [-0.2, -0.15) is 0 Å². The van der Waals surface area contributed by atoms with E-state index in [2.05, 4.69) is 0 Å². The lowest BCUT2D eigenvalue weighted by Crippen LogP contribution is -2.23. The molecule has 0 heterocycles. The molecule has 0 saturated heterocycles. The Morgan fingerprint density at radius 3 is 2.29 bits per heavy atom. The minimum absolute atomic E-state index is 0.266. The Hall–Kier alpha value is 0.01000. The van der Waals surface area contributed by atoms with Gasteiger partial charge in [-0.25, -0.2) is 0 Å². The minimum Gasteiger partial charge on any atom is -0.391 e. The van der Waals surface area contributed by atoms with Crippen molar-refractivity contribution >= 4 is 34.8 Å². The minimum atomic E-state index is -0.690. The molecular weight excluding hydrogens is 244 g/mol. The van der Waals surface area contributed by atoms with Crippen molar-refractivity contribution in [2.75, 3.05) is 0 Å². The second-order valence-electron chi connectivity index (χ2n) is 3.03. The lowest BCUT2D eigenvalue weighted by Gasteiger charge is -2.17. The highest BCUT2D eigenvalue weighted by atomic mass is 35.5. The summed E-state index contributed by atoms with van der Waals surface area (Å²) >= 11 is 17.5. The molecule has 0 aliphatic carbocycles. The third-order valence-corrected chi connectivity index (χ3v) is 3.25. The van der Waals surface area contributed by atoms with E-state index in [0.29, 0.717) is 15.6 Å². The van der Waals surface area contributed by atoms with E-state index in [-0.39, 0.29) is 5.02 Å². The maximum absolute atomic E-state index is 9.30. The quantitative estimate of drug-likeness (QED) is 0.797. The maximum Gasteiger partial charge on any atom is 0.0781 e. The smallest absolute Gasteiger partial charge is 0.0781 e. The van der Waals surface area contributed by atoms with E-state index in [4.69, 9.17) is 40.5 Å². The number of hydrogen-bond acceptors (Lipinski definition) is 2. The van der Waals surface area contributed by atoms with Crippen LogP contribution in [0.4, 0.5) is 0 Å². The lowest BCUT2D eigenvalue weighted by molar-refractivity contribution is 0.164. The molecule has 2 atom stereocenters. The first-order chi connectivity index (χ1) is 6.45. The van der Waals surface area contributed by atoms with E-state index in [9.17, 15) is 5.11 Å². The molecule has 0 spiro atoms. The van der Waals surface area contributed by atoms with Crippen molar-refractivity contribution in [3.05, 3.63) is 32.8 Å². The molecule has 0 saturated carbocycles. The van der Waals surface area contributed by atoms with E-state index in [1.165, 1.54) is 0 Å². The third kappa shape index (κ3) is 2.33. The summed E-state index contributed by atoms with van der Waals surface area (Å²) in [7, 11) is 0. The van der Waals surface area contributed by atoms with Gasteiger partial charge in [-0.15, -0.1) is 0 Å². The number of aliphatic hydroxyl groups excluding tert-OH is 1. The van der Waals surface area contributed by atoms with Crippen LogP contribution in [0.1, 0.15) is 18.5 Å². The normalized spacial score (nSPS) is 15.3. The zero-order chi connectivity index (χ0) is 10.9. The molecule has 1 aromatic carbocycles. The van der Waals surface area contributed by atoms with Crippen LogP contribution >= 0.6 is 34.8 Å². The number of rotatable bonds is 2. The van der Waals surface area contributed by atoms with Crippen LogP contribution in [0.25, 0.3) is 0 Å². The predicted octanol–water partition coefficient (Wildman–Crippen LogP) is 3.03. The van der Waals surface area contributed by atoms with Gasteiger partial charge in [0.25, 0.3) is 0 Å². The number of benzene rings is 1. The van der Waals surface area contributed by atoms with Gasteiger partial charge in [0.15, 0.2) is 0 Å². The Labute approximate surface area is 97.6 Å². The van der Waals surface area contributed by atoms with Crippen LogP contribution in [0, 0.1) is 0 Å². The second kappa shape index (κ2) is 4.69. The molecule has 5 heteroatoms. The van der Waals surface area contributed by atoms with Crippen molar-refractivity contribution in [2.24, 2.45) is 5.73 Å². The summed E-state index contributed by atoms with van der Waals surface area (Å²) in [6.45, 7) is 1.59. The van der Waals surface area contributed by atoms with Crippen molar-refractivity contribution < 1.29 is 5.11 Å². The average molecular weight is 255 g/mol. The van der Waals surface area contributed by atoms with Crippen LogP contribution in [-0.2, 0) is 0 Å². The van der Waals surface area contributed by atoms with Crippen molar-refractivity contribution in [3.8, 4) is 0 Å². The lowest BCUT2D eigenvalue weighted by atomic mass is 10.0. The monoisotopic (exact) mass is 253 g/mol. The molecule has 0 unspecified atom stereocenters. The first kappa shape index (κ1) is 12.1. The summed E-state index contributed by atoms with van der Waals surface area (Å²) in [5, 5.41) is 10.2. The van der Waals surface area contributed by atoms with Crippen LogP contribution in [0.15, 0.2) is 12.1 Å². The summed E-state index contributed by atoms with van der Waals surface area (Å²) in [4.78, 5) is 0. The van der Waals surface area contributed by atoms with Gasteiger partial charge in [0.2, 0.25) is 0 Å². The van der Waals surface area contributed by atoms with Crippen molar-refractivity contribution in [1.29, 1.82) is 0 Å². The molecule has 1 rings (SSSR count). The molecular formula is C9H10Cl3NO. The number of halogens is 3. The van der Waals surface area contributed by atoms with Crippen LogP contribution in [0.3, 0.4) is 0 Å².